The summed E-state index contributed by atoms with van der Waals surface area (Å²) in [5, 5.41) is 2.55. The van der Waals surface area contributed by atoms with E-state index in [4.69, 9.17) is 0 Å². The molecule has 9 heteroatoms. The van der Waals surface area contributed by atoms with Crippen LogP contribution in [-0.2, 0) is 10.0 Å². The molecule has 0 bridgehead atoms. The van der Waals surface area contributed by atoms with Crippen LogP contribution in [0.25, 0.3) is 0 Å². The molecule has 0 radical (unpaired) electrons. The summed E-state index contributed by atoms with van der Waals surface area (Å²) in [6.07, 6.45) is 1.83. The Balaban J connectivity index is 0.00000363. The minimum Gasteiger partial charge on any atom is -0.319 e. The number of nitrogens with zero attached hydrogens (tertiary/aromatic N) is 1. The molecule has 0 saturated carbocycles. The van der Waals surface area contributed by atoms with Crippen LogP contribution in [0.15, 0.2) is 41.3 Å². The molecule has 1 aliphatic rings. The Morgan fingerprint density at radius 3 is 2.38 bits per heavy atom. The summed E-state index contributed by atoms with van der Waals surface area (Å²) in [7, 11) is -1.84. The van der Waals surface area contributed by atoms with Crippen LogP contribution in [0, 0.1) is 25.6 Å². The molecule has 0 aliphatic carbocycles. The highest BCUT2D eigenvalue weighted by Crippen LogP contribution is 2.26. The number of benzene rings is 2. The van der Waals surface area contributed by atoms with Gasteiger partial charge in [0.25, 0.3) is 5.91 Å². The van der Waals surface area contributed by atoms with Crippen LogP contribution < -0.4 is 10.0 Å². The van der Waals surface area contributed by atoms with Gasteiger partial charge in [-0.15, -0.1) is 12.4 Å². The number of carbonyl (C=O) groups is 1. The Morgan fingerprint density at radius 2 is 1.75 bits per heavy atom. The van der Waals surface area contributed by atoms with Gasteiger partial charge in [-0.3, -0.25) is 4.79 Å². The molecule has 1 fully saturated rings. The van der Waals surface area contributed by atoms with Gasteiger partial charge in [0.15, 0.2) is 0 Å². The second kappa shape index (κ2) is 10.7. The van der Waals surface area contributed by atoms with Crippen molar-refractivity contribution in [3.8, 4) is 0 Å². The largest absolute Gasteiger partial charge is 0.319 e. The van der Waals surface area contributed by atoms with Gasteiger partial charge in [-0.05, 0) is 89.0 Å². The second-order valence-corrected chi connectivity index (χ2v) is 10.1. The van der Waals surface area contributed by atoms with Crippen LogP contribution in [0.2, 0.25) is 0 Å². The predicted molar refractivity (Wildman–Crippen MR) is 128 cm³/mol. The Labute approximate surface area is 196 Å². The lowest BCUT2D eigenvalue weighted by Gasteiger charge is -2.33. The van der Waals surface area contributed by atoms with Gasteiger partial charge in [0.1, 0.15) is 5.82 Å². The van der Waals surface area contributed by atoms with Gasteiger partial charge in [-0.2, -0.15) is 0 Å². The molecule has 0 aromatic heterocycles. The fourth-order valence-electron chi connectivity index (χ4n) is 4.00. The van der Waals surface area contributed by atoms with Crippen molar-refractivity contribution in [3.05, 3.63) is 58.9 Å². The molecule has 1 amide bonds. The number of nitrogens with one attached hydrogen (secondary N) is 2. The predicted octanol–water partition coefficient (Wildman–Crippen LogP) is 4.13. The van der Waals surface area contributed by atoms with Crippen LogP contribution in [0.1, 0.15) is 41.3 Å². The SMILES string of the molecule is Cc1ccccc1C(=O)Nc1cc(C)c(S(=O)(=O)NC(C)C2CCN(C)CC2)cc1F.Cl. The smallest absolute Gasteiger partial charge is 0.256 e. The lowest BCUT2D eigenvalue weighted by atomic mass is 9.91. The minimum atomic E-state index is -3.90. The fourth-order valence-corrected chi connectivity index (χ4v) is 5.55. The quantitative estimate of drug-likeness (QED) is 0.647. The number of piperidine rings is 1. The van der Waals surface area contributed by atoms with E-state index in [1.807, 2.05) is 13.0 Å². The molecule has 2 aromatic carbocycles. The number of amides is 1. The topological polar surface area (TPSA) is 78.5 Å². The number of halogens is 2. The average Bonchev–Trinajstić information content (AvgIpc) is 2.70. The number of anilines is 1. The van der Waals surface area contributed by atoms with Gasteiger partial charge < -0.3 is 10.2 Å². The van der Waals surface area contributed by atoms with Crippen LogP contribution in [0.5, 0.6) is 0 Å². The highest BCUT2D eigenvalue weighted by atomic mass is 35.5. The fraction of sp³-hybridized carbons (Fsp3) is 0.435. The standard InChI is InChI=1S/C23H30FN3O3S.ClH/c1-15-7-5-6-8-19(15)23(28)25-21-13-16(2)22(14-20(21)24)31(29,30)26-17(3)18-9-11-27(4)12-10-18;/h5-8,13-14,17-18,26H,9-12H2,1-4H3,(H,25,28);1H. The third-order valence-electron chi connectivity index (χ3n) is 6.00. The summed E-state index contributed by atoms with van der Waals surface area (Å²) in [6, 6.07) is 9.09. The van der Waals surface area contributed by atoms with E-state index < -0.39 is 21.7 Å². The number of likely N-dealkylation sites (tertiary alicyclic amines) is 1. The molecule has 3 rings (SSSR count). The molecular formula is C23H31ClFN3O3S. The van der Waals surface area contributed by atoms with Crippen molar-refractivity contribution in [2.45, 2.75) is 44.6 Å². The maximum atomic E-state index is 14.8. The zero-order chi connectivity index (χ0) is 22.8. The maximum Gasteiger partial charge on any atom is 0.256 e. The molecule has 1 atom stereocenters. The molecule has 1 aliphatic heterocycles. The number of sulfonamides is 1. The molecule has 2 N–H and O–H groups in total. The van der Waals surface area contributed by atoms with Crippen LogP contribution >= 0.6 is 12.4 Å². The molecule has 1 saturated heterocycles. The molecule has 176 valence electrons. The van der Waals surface area contributed by atoms with Gasteiger partial charge in [0.05, 0.1) is 10.6 Å². The summed E-state index contributed by atoms with van der Waals surface area (Å²) >= 11 is 0. The molecule has 1 heterocycles. The van der Waals surface area contributed by atoms with Crippen molar-refractivity contribution in [3.63, 3.8) is 0 Å². The first-order chi connectivity index (χ1) is 14.6. The van der Waals surface area contributed by atoms with Crippen molar-refractivity contribution < 1.29 is 17.6 Å². The lowest BCUT2D eigenvalue weighted by Crippen LogP contribution is -2.43. The van der Waals surface area contributed by atoms with E-state index in [2.05, 4.69) is 22.0 Å². The van der Waals surface area contributed by atoms with E-state index in [1.54, 1.807) is 32.0 Å². The summed E-state index contributed by atoms with van der Waals surface area (Å²) in [6.45, 7) is 7.11. The van der Waals surface area contributed by atoms with E-state index in [1.165, 1.54) is 6.07 Å². The van der Waals surface area contributed by atoms with Crippen LogP contribution in [-0.4, -0.2) is 45.4 Å². The summed E-state index contributed by atoms with van der Waals surface area (Å²) < 4.78 is 43.4. The highest BCUT2D eigenvalue weighted by Gasteiger charge is 2.28. The first kappa shape index (κ1) is 26.3. The Hall–Kier alpha value is -2.00. The summed E-state index contributed by atoms with van der Waals surface area (Å²) in [5.41, 5.74) is 1.52. The van der Waals surface area contributed by atoms with E-state index in [-0.39, 0.29) is 34.9 Å². The molecule has 6 nitrogen and oxygen atoms in total. The van der Waals surface area contributed by atoms with Crippen molar-refractivity contribution in [1.82, 2.24) is 9.62 Å². The first-order valence-corrected chi connectivity index (χ1v) is 11.9. The Morgan fingerprint density at radius 1 is 1.12 bits per heavy atom. The maximum absolute atomic E-state index is 14.8. The van der Waals surface area contributed by atoms with Crippen molar-refractivity contribution >= 4 is 34.0 Å². The number of carbonyl (C=O) groups excluding carboxylic acids is 1. The number of rotatable bonds is 6. The summed E-state index contributed by atoms with van der Waals surface area (Å²) in [4.78, 5) is 14.6. The van der Waals surface area contributed by atoms with Crippen LogP contribution in [0.3, 0.4) is 0 Å². The Bertz CT molecular complexity index is 1070. The lowest BCUT2D eigenvalue weighted by molar-refractivity contribution is 0.102. The van der Waals surface area contributed by atoms with Crippen molar-refractivity contribution in [2.75, 3.05) is 25.5 Å². The van der Waals surface area contributed by atoms with Gasteiger partial charge in [-0.1, -0.05) is 18.2 Å². The Kier molecular flexibility index (Phi) is 8.82. The third kappa shape index (κ3) is 6.07. The molecule has 1 unspecified atom stereocenters. The van der Waals surface area contributed by atoms with Gasteiger partial charge in [0, 0.05) is 11.6 Å². The minimum absolute atomic E-state index is 0. The van der Waals surface area contributed by atoms with E-state index >= 15 is 0 Å². The van der Waals surface area contributed by atoms with Gasteiger partial charge in [-0.25, -0.2) is 17.5 Å². The van der Waals surface area contributed by atoms with Crippen LogP contribution in [0.4, 0.5) is 10.1 Å². The van der Waals surface area contributed by atoms with E-state index in [0.717, 1.165) is 37.6 Å². The zero-order valence-corrected chi connectivity index (χ0v) is 20.4. The summed E-state index contributed by atoms with van der Waals surface area (Å²) in [5.74, 6) is -0.996. The van der Waals surface area contributed by atoms with Gasteiger partial charge in [0.2, 0.25) is 10.0 Å². The number of hydrogen-bond donors (Lipinski definition) is 2. The van der Waals surface area contributed by atoms with E-state index in [9.17, 15) is 17.6 Å². The third-order valence-corrected chi connectivity index (χ3v) is 7.70. The van der Waals surface area contributed by atoms with E-state index in [0.29, 0.717) is 11.1 Å². The van der Waals surface area contributed by atoms with Gasteiger partial charge >= 0.3 is 0 Å². The monoisotopic (exact) mass is 483 g/mol. The molecule has 32 heavy (non-hydrogen) atoms. The highest BCUT2D eigenvalue weighted by molar-refractivity contribution is 7.89. The first-order valence-electron chi connectivity index (χ1n) is 10.5. The van der Waals surface area contributed by atoms with Crippen molar-refractivity contribution in [1.29, 1.82) is 0 Å². The molecular weight excluding hydrogens is 453 g/mol. The molecule has 2 aromatic rings. The number of hydrogen-bond acceptors (Lipinski definition) is 4. The normalized spacial score (nSPS) is 16.3. The zero-order valence-electron chi connectivity index (χ0n) is 18.8. The van der Waals surface area contributed by atoms with Crippen molar-refractivity contribution in [2.24, 2.45) is 5.92 Å². The number of aryl methyl sites for hydroxylation is 2. The second-order valence-electron chi connectivity index (χ2n) is 8.42. The average molecular weight is 484 g/mol. The molecule has 0 spiro atoms.